The van der Waals surface area contributed by atoms with Gasteiger partial charge in [-0.05, 0) is 38.3 Å². The Kier molecular flexibility index (Phi) is 4.79. The van der Waals surface area contributed by atoms with E-state index in [9.17, 15) is 0 Å². The van der Waals surface area contributed by atoms with Gasteiger partial charge in [0.15, 0.2) is 0 Å². The number of hydrogen-bond donors (Lipinski definition) is 1. The van der Waals surface area contributed by atoms with Crippen LogP contribution in [-0.2, 0) is 0 Å². The van der Waals surface area contributed by atoms with Gasteiger partial charge in [-0.25, -0.2) is 0 Å². The Balaban J connectivity index is 1.93. The molecule has 0 spiro atoms. The van der Waals surface area contributed by atoms with Crippen molar-refractivity contribution in [1.82, 2.24) is 4.90 Å². The molecule has 2 heteroatoms. The number of unbranched alkanes of at least 4 members (excludes halogenated alkanes) is 1. The number of nitrogens with zero attached hydrogens (tertiary/aromatic N) is 1. The Morgan fingerprint density at radius 2 is 2.17 bits per heavy atom. The molecule has 2 nitrogen and oxygen atoms in total. The fraction of sp³-hybridized carbons (Fsp3) is 0.625. The molecule has 0 amide bonds. The van der Waals surface area contributed by atoms with Crippen molar-refractivity contribution in [2.24, 2.45) is 5.73 Å². The second-order valence-corrected chi connectivity index (χ2v) is 5.60. The maximum absolute atomic E-state index is 6.36. The normalized spacial score (nSPS) is 17.1. The van der Waals surface area contributed by atoms with Gasteiger partial charge in [-0.3, -0.25) is 4.90 Å². The van der Waals surface area contributed by atoms with Crippen LogP contribution in [0, 0.1) is 6.92 Å². The average molecular weight is 246 g/mol. The van der Waals surface area contributed by atoms with Crippen LogP contribution >= 0.6 is 0 Å². The minimum absolute atomic E-state index is 0.155. The molecule has 0 heterocycles. The van der Waals surface area contributed by atoms with Crippen LogP contribution in [0.2, 0.25) is 0 Å². The van der Waals surface area contributed by atoms with E-state index in [1.165, 1.54) is 43.4 Å². The van der Waals surface area contributed by atoms with Gasteiger partial charge in [0.1, 0.15) is 0 Å². The van der Waals surface area contributed by atoms with Crippen molar-refractivity contribution in [3.05, 3.63) is 35.4 Å². The van der Waals surface area contributed by atoms with Crippen molar-refractivity contribution in [3.63, 3.8) is 0 Å². The van der Waals surface area contributed by atoms with E-state index >= 15 is 0 Å². The van der Waals surface area contributed by atoms with Crippen LogP contribution in [0.25, 0.3) is 0 Å². The largest absolute Gasteiger partial charge is 0.323 e. The summed E-state index contributed by atoms with van der Waals surface area (Å²) in [6.07, 6.45) is 5.29. The quantitative estimate of drug-likeness (QED) is 0.800. The van der Waals surface area contributed by atoms with E-state index in [4.69, 9.17) is 5.73 Å². The third kappa shape index (κ3) is 3.82. The standard InChI is InChI=1S/C16H26N2/c1-3-4-10-18(15-8-9-15)12-16(17)14-7-5-6-13(2)11-14/h5-7,11,15-16H,3-4,8-10,12,17H2,1-2H3. The highest BCUT2D eigenvalue weighted by Gasteiger charge is 2.29. The summed E-state index contributed by atoms with van der Waals surface area (Å²) in [4.78, 5) is 2.59. The Morgan fingerprint density at radius 3 is 2.78 bits per heavy atom. The van der Waals surface area contributed by atoms with Crippen LogP contribution < -0.4 is 5.73 Å². The molecular weight excluding hydrogens is 220 g/mol. The van der Waals surface area contributed by atoms with Gasteiger partial charge in [-0.15, -0.1) is 0 Å². The van der Waals surface area contributed by atoms with Crippen LogP contribution in [0.15, 0.2) is 24.3 Å². The fourth-order valence-electron chi connectivity index (χ4n) is 2.48. The first kappa shape index (κ1) is 13.6. The molecule has 1 aliphatic carbocycles. The monoisotopic (exact) mass is 246 g/mol. The number of aryl methyl sites for hydroxylation is 1. The molecule has 1 saturated carbocycles. The van der Waals surface area contributed by atoms with E-state index in [1.54, 1.807) is 0 Å². The van der Waals surface area contributed by atoms with Gasteiger partial charge in [-0.2, -0.15) is 0 Å². The fourth-order valence-corrected chi connectivity index (χ4v) is 2.48. The molecule has 1 aromatic carbocycles. The third-order valence-corrected chi connectivity index (χ3v) is 3.76. The summed E-state index contributed by atoms with van der Waals surface area (Å²) in [5, 5.41) is 0. The molecule has 0 aliphatic heterocycles. The first-order valence-electron chi connectivity index (χ1n) is 7.27. The molecule has 0 aromatic heterocycles. The lowest BCUT2D eigenvalue weighted by atomic mass is 10.0. The Hall–Kier alpha value is -0.860. The molecule has 2 N–H and O–H groups in total. The topological polar surface area (TPSA) is 29.3 Å². The van der Waals surface area contributed by atoms with Gasteiger partial charge in [-0.1, -0.05) is 43.2 Å². The zero-order valence-electron chi connectivity index (χ0n) is 11.7. The second kappa shape index (κ2) is 6.35. The van der Waals surface area contributed by atoms with Gasteiger partial charge >= 0.3 is 0 Å². The van der Waals surface area contributed by atoms with Crippen molar-refractivity contribution < 1.29 is 0 Å². The molecule has 1 unspecified atom stereocenters. The summed E-state index contributed by atoms with van der Waals surface area (Å²) < 4.78 is 0. The lowest BCUT2D eigenvalue weighted by Crippen LogP contribution is -2.34. The van der Waals surface area contributed by atoms with E-state index in [2.05, 4.69) is 43.0 Å². The Labute approximate surface area is 111 Å². The minimum Gasteiger partial charge on any atom is -0.323 e. The number of rotatable bonds is 7. The number of nitrogens with two attached hydrogens (primary N) is 1. The summed E-state index contributed by atoms with van der Waals surface area (Å²) in [7, 11) is 0. The Bertz CT molecular complexity index is 371. The molecular formula is C16H26N2. The highest BCUT2D eigenvalue weighted by atomic mass is 15.2. The highest BCUT2D eigenvalue weighted by Crippen LogP contribution is 2.28. The zero-order chi connectivity index (χ0) is 13.0. The van der Waals surface area contributed by atoms with Gasteiger partial charge in [0.05, 0.1) is 0 Å². The maximum Gasteiger partial charge on any atom is 0.0424 e. The van der Waals surface area contributed by atoms with Gasteiger partial charge < -0.3 is 5.73 Å². The van der Waals surface area contributed by atoms with Crippen molar-refractivity contribution >= 4 is 0 Å². The zero-order valence-corrected chi connectivity index (χ0v) is 11.7. The molecule has 1 atom stereocenters. The van der Waals surface area contributed by atoms with E-state index in [1.807, 2.05) is 0 Å². The minimum atomic E-state index is 0.155. The van der Waals surface area contributed by atoms with E-state index in [-0.39, 0.29) is 6.04 Å². The van der Waals surface area contributed by atoms with Gasteiger partial charge in [0.25, 0.3) is 0 Å². The molecule has 100 valence electrons. The SMILES string of the molecule is CCCCN(CC(N)c1cccc(C)c1)C1CC1. The van der Waals surface area contributed by atoms with Gasteiger partial charge in [0.2, 0.25) is 0 Å². The smallest absolute Gasteiger partial charge is 0.0424 e. The highest BCUT2D eigenvalue weighted by molar-refractivity contribution is 5.25. The van der Waals surface area contributed by atoms with Gasteiger partial charge in [0, 0.05) is 18.6 Å². The Morgan fingerprint density at radius 1 is 1.39 bits per heavy atom. The first-order chi connectivity index (χ1) is 8.70. The van der Waals surface area contributed by atoms with Crippen LogP contribution in [0.4, 0.5) is 0 Å². The van der Waals surface area contributed by atoms with Crippen LogP contribution in [0.3, 0.4) is 0 Å². The molecule has 1 fully saturated rings. The summed E-state index contributed by atoms with van der Waals surface area (Å²) in [6.45, 7) is 6.60. The van der Waals surface area contributed by atoms with Crippen molar-refractivity contribution in [3.8, 4) is 0 Å². The van der Waals surface area contributed by atoms with E-state index in [0.717, 1.165) is 12.6 Å². The van der Waals surface area contributed by atoms with Crippen LogP contribution in [-0.4, -0.2) is 24.0 Å². The van der Waals surface area contributed by atoms with Crippen molar-refractivity contribution in [1.29, 1.82) is 0 Å². The van der Waals surface area contributed by atoms with E-state index in [0.29, 0.717) is 0 Å². The number of benzene rings is 1. The summed E-state index contributed by atoms with van der Waals surface area (Å²) in [5.74, 6) is 0. The molecule has 1 aromatic rings. The molecule has 0 radical (unpaired) electrons. The predicted octanol–water partition coefficient (Wildman–Crippen LogP) is 3.26. The molecule has 1 aliphatic rings. The molecule has 0 saturated heterocycles. The lowest BCUT2D eigenvalue weighted by Gasteiger charge is -2.25. The summed E-state index contributed by atoms with van der Waals surface area (Å²) in [6, 6.07) is 9.58. The lowest BCUT2D eigenvalue weighted by molar-refractivity contribution is 0.244. The molecule has 0 bridgehead atoms. The molecule has 18 heavy (non-hydrogen) atoms. The third-order valence-electron chi connectivity index (χ3n) is 3.76. The molecule has 2 rings (SSSR count). The average Bonchev–Trinajstić information content (AvgIpc) is 3.18. The predicted molar refractivity (Wildman–Crippen MR) is 77.6 cm³/mol. The maximum atomic E-state index is 6.36. The van der Waals surface area contributed by atoms with Crippen LogP contribution in [0.5, 0.6) is 0 Å². The number of hydrogen-bond acceptors (Lipinski definition) is 2. The summed E-state index contributed by atoms with van der Waals surface area (Å²) in [5.41, 5.74) is 8.94. The summed E-state index contributed by atoms with van der Waals surface area (Å²) >= 11 is 0. The van der Waals surface area contributed by atoms with Crippen LogP contribution in [0.1, 0.15) is 49.8 Å². The first-order valence-corrected chi connectivity index (χ1v) is 7.27. The van der Waals surface area contributed by atoms with Crippen molar-refractivity contribution in [2.45, 2.75) is 51.6 Å². The van der Waals surface area contributed by atoms with Crippen molar-refractivity contribution in [2.75, 3.05) is 13.1 Å². The van der Waals surface area contributed by atoms with E-state index < -0.39 is 0 Å². The second-order valence-electron chi connectivity index (χ2n) is 5.60.